The zero-order valence-electron chi connectivity index (χ0n) is 9.58. The van der Waals surface area contributed by atoms with Crippen molar-refractivity contribution in [3.8, 4) is 0 Å². The predicted molar refractivity (Wildman–Crippen MR) is 59.4 cm³/mol. The SMILES string of the molecule is COCC1(C(=O)NS(C)(=O)=O)CCNCC1. The summed E-state index contributed by atoms with van der Waals surface area (Å²) < 4.78 is 29.2. The molecule has 0 atom stereocenters. The molecule has 0 aromatic carbocycles. The molecule has 0 saturated carbocycles. The number of hydrogen-bond acceptors (Lipinski definition) is 5. The topological polar surface area (TPSA) is 84.5 Å². The number of carbonyl (C=O) groups is 1. The third-order valence-electron chi connectivity index (χ3n) is 2.74. The van der Waals surface area contributed by atoms with E-state index in [9.17, 15) is 13.2 Å². The summed E-state index contributed by atoms with van der Waals surface area (Å²) in [7, 11) is -1.99. The van der Waals surface area contributed by atoms with Crippen LogP contribution in [0.1, 0.15) is 12.8 Å². The minimum Gasteiger partial charge on any atom is -0.384 e. The van der Waals surface area contributed by atoms with E-state index in [1.807, 2.05) is 4.72 Å². The fourth-order valence-corrected chi connectivity index (χ4v) is 2.45. The predicted octanol–water partition coefficient (Wildman–Crippen LogP) is -0.922. The lowest BCUT2D eigenvalue weighted by atomic mass is 9.79. The molecule has 0 radical (unpaired) electrons. The first-order chi connectivity index (χ1) is 7.40. The largest absolute Gasteiger partial charge is 0.384 e. The van der Waals surface area contributed by atoms with Gasteiger partial charge in [0.2, 0.25) is 15.9 Å². The Labute approximate surface area is 95.8 Å². The Balaban J connectivity index is 2.79. The van der Waals surface area contributed by atoms with Crippen molar-refractivity contribution in [2.75, 3.05) is 33.1 Å². The molecule has 16 heavy (non-hydrogen) atoms. The van der Waals surface area contributed by atoms with Crippen molar-refractivity contribution in [2.45, 2.75) is 12.8 Å². The van der Waals surface area contributed by atoms with Crippen molar-refractivity contribution < 1.29 is 17.9 Å². The summed E-state index contributed by atoms with van der Waals surface area (Å²) in [6, 6.07) is 0. The molecular formula is C9H18N2O4S. The van der Waals surface area contributed by atoms with E-state index in [0.29, 0.717) is 25.9 Å². The molecule has 0 spiro atoms. The normalized spacial score (nSPS) is 20.4. The average molecular weight is 250 g/mol. The van der Waals surface area contributed by atoms with Gasteiger partial charge in [0.25, 0.3) is 0 Å². The second-order valence-electron chi connectivity index (χ2n) is 4.17. The highest BCUT2D eigenvalue weighted by molar-refractivity contribution is 7.89. The number of piperidine rings is 1. The Hall–Kier alpha value is -0.660. The first-order valence-electron chi connectivity index (χ1n) is 5.11. The maximum absolute atomic E-state index is 11.9. The van der Waals surface area contributed by atoms with E-state index in [2.05, 4.69) is 5.32 Å². The third kappa shape index (κ3) is 3.43. The summed E-state index contributed by atoms with van der Waals surface area (Å²) in [5, 5.41) is 3.13. The molecule has 7 heteroatoms. The van der Waals surface area contributed by atoms with Crippen molar-refractivity contribution in [2.24, 2.45) is 5.41 Å². The molecule has 0 bridgehead atoms. The van der Waals surface area contributed by atoms with Gasteiger partial charge < -0.3 is 10.1 Å². The number of hydrogen-bond donors (Lipinski definition) is 2. The van der Waals surface area contributed by atoms with Gasteiger partial charge in [-0.15, -0.1) is 0 Å². The summed E-state index contributed by atoms with van der Waals surface area (Å²) in [6.07, 6.45) is 2.15. The Morgan fingerprint density at radius 2 is 2.00 bits per heavy atom. The molecule has 0 aliphatic carbocycles. The van der Waals surface area contributed by atoms with E-state index in [-0.39, 0.29) is 6.61 Å². The van der Waals surface area contributed by atoms with Gasteiger partial charge in [0.15, 0.2) is 0 Å². The summed E-state index contributed by atoms with van der Waals surface area (Å²) in [5.41, 5.74) is -0.719. The van der Waals surface area contributed by atoms with E-state index in [1.54, 1.807) is 0 Å². The number of methoxy groups -OCH3 is 1. The summed E-state index contributed by atoms with van der Waals surface area (Å²) >= 11 is 0. The highest BCUT2D eigenvalue weighted by Gasteiger charge is 2.40. The minimum atomic E-state index is -3.50. The van der Waals surface area contributed by atoms with Crippen molar-refractivity contribution in [1.82, 2.24) is 10.0 Å². The van der Waals surface area contributed by atoms with E-state index in [0.717, 1.165) is 6.26 Å². The Kier molecular flexibility index (Phi) is 4.28. The summed E-state index contributed by atoms with van der Waals surface area (Å²) in [5.74, 6) is -0.460. The lowest BCUT2D eigenvalue weighted by Gasteiger charge is -2.35. The number of amides is 1. The molecule has 2 N–H and O–H groups in total. The van der Waals surface area contributed by atoms with Crippen molar-refractivity contribution in [3.63, 3.8) is 0 Å². The van der Waals surface area contributed by atoms with Gasteiger partial charge in [-0.3, -0.25) is 9.52 Å². The Morgan fingerprint density at radius 1 is 1.44 bits per heavy atom. The lowest BCUT2D eigenvalue weighted by Crippen LogP contribution is -2.51. The number of carbonyl (C=O) groups excluding carboxylic acids is 1. The molecule has 0 aromatic rings. The van der Waals surface area contributed by atoms with Crippen LogP contribution in [0.4, 0.5) is 0 Å². The van der Waals surface area contributed by atoms with Crippen LogP contribution in [-0.4, -0.2) is 47.4 Å². The van der Waals surface area contributed by atoms with Gasteiger partial charge in [-0.05, 0) is 25.9 Å². The van der Waals surface area contributed by atoms with Gasteiger partial charge in [0.1, 0.15) is 0 Å². The molecule has 1 heterocycles. The van der Waals surface area contributed by atoms with Crippen molar-refractivity contribution >= 4 is 15.9 Å². The van der Waals surface area contributed by atoms with Crippen LogP contribution in [0.25, 0.3) is 0 Å². The second kappa shape index (κ2) is 5.11. The smallest absolute Gasteiger partial charge is 0.242 e. The molecule has 1 rings (SSSR count). The van der Waals surface area contributed by atoms with Gasteiger partial charge in [-0.1, -0.05) is 0 Å². The second-order valence-corrected chi connectivity index (χ2v) is 5.92. The average Bonchev–Trinajstić information content (AvgIpc) is 2.17. The van der Waals surface area contributed by atoms with Gasteiger partial charge >= 0.3 is 0 Å². The van der Waals surface area contributed by atoms with Gasteiger partial charge in [-0.2, -0.15) is 0 Å². The molecule has 1 saturated heterocycles. The molecule has 0 unspecified atom stereocenters. The third-order valence-corrected chi connectivity index (χ3v) is 3.30. The van der Waals surface area contributed by atoms with Crippen LogP contribution < -0.4 is 10.0 Å². The van der Waals surface area contributed by atoms with E-state index < -0.39 is 21.3 Å². The van der Waals surface area contributed by atoms with Gasteiger partial charge in [0.05, 0.1) is 18.3 Å². The number of ether oxygens (including phenoxy) is 1. The van der Waals surface area contributed by atoms with E-state index >= 15 is 0 Å². The Bertz CT molecular complexity index is 341. The Morgan fingerprint density at radius 3 is 2.44 bits per heavy atom. The van der Waals surface area contributed by atoms with Crippen LogP contribution >= 0.6 is 0 Å². The van der Waals surface area contributed by atoms with Crippen LogP contribution in [0, 0.1) is 5.41 Å². The van der Waals surface area contributed by atoms with E-state index in [1.165, 1.54) is 7.11 Å². The minimum absolute atomic E-state index is 0.246. The lowest BCUT2D eigenvalue weighted by molar-refractivity contribution is -0.134. The molecular weight excluding hydrogens is 232 g/mol. The first kappa shape index (κ1) is 13.4. The van der Waals surface area contributed by atoms with Crippen LogP contribution in [0.3, 0.4) is 0 Å². The van der Waals surface area contributed by atoms with Crippen LogP contribution in [0.15, 0.2) is 0 Å². The summed E-state index contributed by atoms with van der Waals surface area (Å²) in [4.78, 5) is 11.9. The molecule has 0 aromatic heterocycles. The van der Waals surface area contributed by atoms with Crippen LogP contribution in [0.2, 0.25) is 0 Å². The fraction of sp³-hybridized carbons (Fsp3) is 0.889. The number of nitrogens with one attached hydrogen (secondary N) is 2. The number of sulfonamides is 1. The maximum atomic E-state index is 11.9. The number of rotatable bonds is 4. The summed E-state index contributed by atoms with van der Waals surface area (Å²) in [6.45, 7) is 1.64. The maximum Gasteiger partial charge on any atom is 0.242 e. The van der Waals surface area contributed by atoms with E-state index in [4.69, 9.17) is 4.74 Å². The standard InChI is InChI=1S/C9H18N2O4S/c1-15-7-9(3-5-10-6-4-9)8(12)11-16(2,13)14/h10H,3-7H2,1-2H3,(H,11,12). The molecule has 6 nitrogen and oxygen atoms in total. The van der Waals surface area contributed by atoms with Crippen LogP contribution in [-0.2, 0) is 19.6 Å². The molecule has 1 amide bonds. The zero-order valence-corrected chi connectivity index (χ0v) is 10.4. The molecule has 1 aliphatic rings. The van der Waals surface area contributed by atoms with Gasteiger partial charge in [-0.25, -0.2) is 8.42 Å². The van der Waals surface area contributed by atoms with Gasteiger partial charge in [0, 0.05) is 7.11 Å². The fourth-order valence-electron chi connectivity index (χ4n) is 1.90. The zero-order chi connectivity index (χ0) is 12.2. The highest BCUT2D eigenvalue weighted by Crippen LogP contribution is 2.29. The highest BCUT2D eigenvalue weighted by atomic mass is 32.2. The quantitative estimate of drug-likeness (QED) is 0.674. The molecule has 94 valence electrons. The monoisotopic (exact) mass is 250 g/mol. The van der Waals surface area contributed by atoms with Crippen molar-refractivity contribution in [1.29, 1.82) is 0 Å². The first-order valence-corrected chi connectivity index (χ1v) is 7.01. The van der Waals surface area contributed by atoms with Crippen molar-refractivity contribution in [3.05, 3.63) is 0 Å². The molecule has 1 fully saturated rings. The van der Waals surface area contributed by atoms with Crippen LogP contribution in [0.5, 0.6) is 0 Å². The molecule has 1 aliphatic heterocycles.